The lowest BCUT2D eigenvalue weighted by Gasteiger charge is -2.20. The van der Waals surface area contributed by atoms with Crippen LogP contribution in [-0.2, 0) is 0 Å². The van der Waals surface area contributed by atoms with E-state index in [1.165, 1.54) is 11.1 Å². The Bertz CT molecular complexity index is 547. The van der Waals surface area contributed by atoms with Crippen molar-refractivity contribution >= 4 is 31.9 Å². The molecule has 1 N–H and O–H groups in total. The summed E-state index contributed by atoms with van der Waals surface area (Å²) in [6, 6.07) is 10.7. The van der Waals surface area contributed by atoms with Gasteiger partial charge >= 0.3 is 0 Å². The molecule has 1 unspecified atom stereocenters. The number of hydrogen-bond donors (Lipinski definition) is 1. The predicted octanol–water partition coefficient (Wildman–Crippen LogP) is 5.00. The number of hydrogen-bond acceptors (Lipinski definition) is 2. The SMILES string of the molecule is CCCNC(c1ccc(C)nc1)c1cc(Br)cc(Br)c1. The van der Waals surface area contributed by atoms with Gasteiger partial charge in [0.05, 0.1) is 6.04 Å². The van der Waals surface area contributed by atoms with Gasteiger partial charge in [0.15, 0.2) is 0 Å². The fraction of sp³-hybridized carbons (Fsp3) is 0.312. The second-order valence-corrected chi connectivity index (χ2v) is 6.65. The summed E-state index contributed by atoms with van der Waals surface area (Å²) in [5.41, 5.74) is 3.46. The van der Waals surface area contributed by atoms with Crippen molar-refractivity contribution in [3.05, 3.63) is 62.3 Å². The molecule has 0 saturated heterocycles. The normalized spacial score (nSPS) is 12.4. The third-order valence-electron chi connectivity index (χ3n) is 3.08. The van der Waals surface area contributed by atoms with Gasteiger partial charge in [0.25, 0.3) is 0 Å². The summed E-state index contributed by atoms with van der Waals surface area (Å²) in [5.74, 6) is 0. The van der Waals surface area contributed by atoms with E-state index < -0.39 is 0 Å². The molecule has 0 aliphatic heterocycles. The first-order chi connectivity index (χ1) is 9.60. The highest BCUT2D eigenvalue weighted by Crippen LogP contribution is 2.28. The van der Waals surface area contributed by atoms with E-state index in [0.29, 0.717) is 0 Å². The van der Waals surface area contributed by atoms with Crippen LogP contribution in [0.15, 0.2) is 45.5 Å². The molecule has 0 fully saturated rings. The average Bonchev–Trinajstić information content (AvgIpc) is 2.40. The average molecular weight is 398 g/mol. The number of halogens is 2. The Balaban J connectivity index is 2.38. The molecule has 1 aromatic carbocycles. The van der Waals surface area contributed by atoms with Gasteiger partial charge in [-0.15, -0.1) is 0 Å². The summed E-state index contributed by atoms with van der Waals surface area (Å²) < 4.78 is 2.15. The van der Waals surface area contributed by atoms with Gasteiger partial charge in [-0.05, 0) is 55.3 Å². The number of aryl methyl sites for hydroxylation is 1. The van der Waals surface area contributed by atoms with Crippen LogP contribution in [0.5, 0.6) is 0 Å². The van der Waals surface area contributed by atoms with Crippen molar-refractivity contribution in [1.82, 2.24) is 10.3 Å². The molecule has 0 aliphatic carbocycles. The van der Waals surface area contributed by atoms with Crippen LogP contribution in [-0.4, -0.2) is 11.5 Å². The van der Waals surface area contributed by atoms with E-state index in [4.69, 9.17) is 0 Å². The monoisotopic (exact) mass is 396 g/mol. The summed E-state index contributed by atoms with van der Waals surface area (Å²) in [6.07, 6.45) is 3.06. The molecule has 106 valence electrons. The summed E-state index contributed by atoms with van der Waals surface area (Å²) in [4.78, 5) is 4.42. The maximum atomic E-state index is 4.42. The van der Waals surface area contributed by atoms with Crippen LogP contribution < -0.4 is 5.32 Å². The molecule has 20 heavy (non-hydrogen) atoms. The van der Waals surface area contributed by atoms with E-state index in [1.54, 1.807) is 0 Å². The number of rotatable bonds is 5. The molecule has 2 rings (SSSR count). The lowest BCUT2D eigenvalue weighted by Crippen LogP contribution is -2.23. The first-order valence-electron chi connectivity index (χ1n) is 6.72. The highest BCUT2D eigenvalue weighted by atomic mass is 79.9. The molecule has 0 amide bonds. The lowest BCUT2D eigenvalue weighted by atomic mass is 10.00. The molecule has 1 aromatic heterocycles. The standard InChI is InChI=1S/C16H18Br2N2/c1-3-6-19-16(12-5-4-11(2)20-10-12)13-7-14(17)9-15(18)8-13/h4-5,7-10,16,19H,3,6H2,1-2H3. The molecule has 0 radical (unpaired) electrons. The van der Waals surface area contributed by atoms with Crippen molar-refractivity contribution in [3.8, 4) is 0 Å². The van der Waals surface area contributed by atoms with Crippen molar-refractivity contribution in [2.75, 3.05) is 6.54 Å². The van der Waals surface area contributed by atoms with Gasteiger partial charge in [-0.3, -0.25) is 4.98 Å². The second kappa shape index (κ2) is 7.34. The molecule has 0 spiro atoms. The largest absolute Gasteiger partial charge is 0.306 e. The van der Waals surface area contributed by atoms with Crippen LogP contribution in [0.3, 0.4) is 0 Å². The second-order valence-electron chi connectivity index (χ2n) is 4.82. The quantitative estimate of drug-likeness (QED) is 0.767. The highest BCUT2D eigenvalue weighted by molar-refractivity contribution is 9.11. The molecule has 1 heterocycles. The zero-order valence-corrected chi connectivity index (χ0v) is 14.8. The summed E-state index contributed by atoms with van der Waals surface area (Å²) >= 11 is 7.12. The number of pyridine rings is 1. The van der Waals surface area contributed by atoms with Gasteiger partial charge in [0.2, 0.25) is 0 Å². The minimum Gasteiger partial charge on any atom is -0.306 e. The van der Waals surface area contributed by atoms with E-state index in [9.17, 15) is 0 Å². The molecular weight excluding hydrogens is 380 g/mol. The van der Waals surface area contributed by atoms with Gasteiger partial charge in [0.1, 0.15) is 0 Å². The molecule has 1 atom stereocenters. The Labute approximate surface area is 137 Å². The Morgan fingerprint density at radius 3 is 2.35 bits per heavy atom. The Morgan fingerprint density at radius 1 is 1.10 bits per heavy atom. The Hall–Kier alpha value is -0.710. The fourth-order valence-electron chi connectivity index (χ4n) is 2.11. The van der Waals surface area contributed by atoms with Crippen LogP contribution in [0, 0.1) is 6.92 Å². The molecule has 2 aromatic rings. The van der Waals surface area contributed by atoms with Crippen molar-refractivity contribution in [2.45, 2.75) is 26.3 Å². The molecular formula is C16H18Br2N2. The van der Waals surface area contributed by atoms with E-state index >= 15 is 0 Å². The smallest absolute Gasteiger partial charge is 0.0592 e. The van der Waals surface area contributed by atoms with Crippen molar-refractivity contribution in [3.63, 3.8) is 0 Å². The van der Waals surface area contributed by atoms with Gasteiger partial charge in [-0.1, -0.05) is 44.8 Å². The summed E-state index contributed by atoms with van der Waals surface area (Å²) in [7, 11) is 0. The van der Waals surface area contributed by atoms with E-state index in [0.717, 1.165) is 27.6 Å². The van der Waals surface area contributed by atoms with Gasteiger partial charge in [0, 0.05) is 20.8 Å². The zero-order chi connectivity index (χ0) is 14.5. The molecule has 0 aliphatic rings. The first-order valence-corrected chi connectivity index (χ1v) is 8.30. The predicted molar refractivity (Wildman–Crippen MR) is 91.0 cm³/mol. The fourth-order valence-corrected chi connectivity index (χ4v) is 3.44. The number of nitrogens with zero attached hydrogens (tertiary/aromatic N) is 1. The van der Waals surface area contributed by atoms with Gasteiger partial charge in [-0.25, -0.2) is 0 Å². The van der Waals surface area contributed by atoms with Crippen LogP contribution in [0.2, 0.25) is 0 Å². The topological polar surface area (TPSA) is 24.9 Å². The third-order valence-corrected chi connectivity index (χ3v) is 4.00. The Kier molecular flexibility index (Phi) is 5.75. The van der Waals surface area contributed by atoms with Crippen LogP contribution in [0.4, 0.5) is 0 Å². The van der Waals surface area contributed by atoms with Crippen molar-refractivity contribution in [2.24, 2.45) is 0 Å². The Morgan fingerprint density at radius 2 is 1.80 bits per heavy atom. The lowest BCUT2D eigenvalue weighted by molar-refractivity contribution is 0.596. The minimum absolute atomic E-state index is 0.164. The maximum Gasteiger partial charge on any atom is 0.0592 e. The first kappa shape index (κ1) is 15.7. The van der Waals surface area contributed by atoms with E-state index in [1.807, 2.05) is 19.2 Å². The zero-order valence-electron chi connectivity index (χ0n) is 11.7. The molecule has 4 heteroatoms. The number of aromatic nitrogens is 1. The highest BCUT2D eigenvalue weighted by Gasteiger charge is 2.14. The molecule has 0 bridgehead atoms. The molecule has 0 saturated carbocycles. The van der Waals surface area contributed by atoms with Crippen LogP contribution in [0.1, 0.15) is 36.2 Å². The van der Waals surface area contributed by atoms with E-state index in [-0.39, 0.29) is 6.04 Å². The minimum atomic E-state index is 0.164. The number of benzene rings is 1. The van der Waals surface area contributed by atoms with Gasteiger partial charge < -0.3 is 5.32 Å². The summed E-state index contributed by atoms with van der Waals surface area (Å²) in [6.45, 7) is 5.16. The van der Waals surface area contributed by atoms with Crippen molar-refractivity contribution in [1.29, 1.82) is 0 Å². The maximum absolute atomic E-state index is 4.42. The van der Waals surface area contributed by atoms with Crippen LogP contribution in [0.25, 0.3) is 0 Å². The summed E-state index contributed by atoms with van der Waals surface area (Å²) in [5, 5.41) is 3.59. The number of nitrogens with one attached hydrogen (secondary N) is 1. The van der Waals surface area contributed by atoms with Crippen LogP contribution >= 0.6 is 31.9 Å². The third kappa shape index (κ3) is 4.14. The molecule has 2 nitrogen and oxygen atoms in total. The van der Waals surface area contributed by atoms with Crippen molar-refractivity contribution < 1.29 is 0 Å². The van der Waals surface area contributed by atoms with Gasteiger partial charge in [-0.2, -0.15) is 0 Å². The van der Waals surface area contributed by atoms with E-state index in [2.05, 4.69) is 73.3 Å².